The Bertz CT molecular complexity index is 1430. The number of thioether (sulfide) groups is 1. The van der Waals surface area contributed by atoms with E-state index in [-0.39, 0.29) is 10.8 Å². The van der Waals surface area contributed by atoms with E-state index in [1.165, 1.54) is 29.6 Å². The molecule has 4 rings (SSSR count). The van der Waals surface area contributed by atoms with Gasteiger partial charge < -0.3 is 9.84 Å². The lowest BCUT2D eigenvalue weighted by Gasteiger charge is -2.14. The first kappa shape index (κ1) is 25.5. The largest absolute Gasteiger partial charge is 0.363 e. The van der Waals surface area contributed by atoms with E-state index >= 15 is 0 Å². The smallest absolute Gasteiger partial charge is 0.201 e. The number of ether oxygens (including phenoxy) is 1. The van der Waals surface area contributed by atoms with Crippen LogP contribution in [0.4, 0.5) is 0 Å². The molecule has 184 valence electrons. The summed E-state index contributed by atoms with van der Waals surface area (Å²) in [7, 11) is -3.36. The molecule has 35 heavy (non-hydrogen) atoms. The van der Waals surface area contributed by atoms with Crippen LogP contribution in [0.1, 0.15) is 37.3 Å². The van der Waals surface area contributed by atoms with E-state index in [0.29, 0.717) is 33.7 Å². The number of para-hydroxylation sites is 1. The lowest BCUT2D eigenvalue weighted by molar-refractivity contribution is -0.0867. The molecule has 0 spiro atoms. The minimum absolute atomic E-state index is 0.207. The molecule has 11 heteroatoms. The fraction of sp³-hybridized carbons (Fsp3) is 0.292. The lowest BCUT2D eigenvalue weighted by atomic mass is 10.0. The Balaban J connectivity index is 1.82. The van der Waals surface area contributed by atoms with E-state index in [4.69, 9.17) is 9.72 Å². The summed E-state index contributed by atoms with van der Waals surface area (Å²) in [5.41, 5.74) is 3.59. The zero-order valence-electron chi connectivity index (χ0n) is 19.7. The van der Waals surface area contributed by atoms with Crippen LogP contribution < -0.4 is 0 Å². The summed E-state index contributed by atoms with van der Waals surface area (Å²) < 4.78 is 35.7. The van der Waals surface area contributed by atoms with E-state index in [2.05, 4.69) is 23.3 Å². The molecule has 0 aliphatic carbocycles. The van der Waals surface area contributed by atoms with Gasteiger partial charge in [0.25, 0.3) is 0 Å². The fourth-order valence-electron chi connectivity index (χ4n) is 3.55. The summed E-state index contributed by atoms with van der Waals surface area (Å²) in [5.74, 6) is 0.986. The number of benzene rings is 2. The van der Waals surface area contributed by atoms with Crippen molar-refractivity contribution in [2.24, 2.45) is 0 Å². The molecule has 0 aliphatic rings. The number of hydrogen-bond acceptors (Lipinski definition) is 9. The highest BCUT2D eigenvalue weighted by atomic mass is 32.2. The molecule has 0 bridgehead atoms. The van der Waals surface area contributed by atoms with Gasteiger partial charge in [-0.2, -0.15) is 9.47 Å². The van der Waals surface area contributed by atoms with Crippen molar-refractivity contribution in [1.29, 1.82) is 0 Å². The van der Waals surface area contributed by atoms with Gasteiger partial charge in [0, 0.05) is 11.8 Å². The fourth-order valence-corrected chi connectivity index (χ4v) is 5.17. The Hall–Kier alpha value is -2.57. The van der Waals surface area contributed by atoms with Crippen molar-refractivity contribution in [2.75, 3.05) is 18.5 Å². The average molecular weight is 531 g/mol. The van der Waals surface area contributed by atoms with E-state index < -0.39 is 16.1 Å². The molecule has 2 heterocycles. The van der Waals surface area contributed by atoms with Gasteiger partial charge in [-0.15, -0.1) is 11.8 Å². The summed E-state index contributed by atoms with van der Waals surface area (Å²) in [6.45, 7) is 4.22. The quantitative estimate of drug-likeness (QED) is 0.304. The van der Waals surface area contributed by atoms with Gasteiger partial charge in [0.2, 0.25) is 6.29 Å². The van der Waals surface area contributed by atoms with E-state index in [1.54, 1.807) is 35.0 Å². The molecule has 4 aromatic rings. The van der Waals surface area contributed by atoms with Gasteiger partial charge in [0.05, 0.1) is 16.5 Å². The first-order valence-corrected chi connectivity index (χ1v) is 14.9. The number of sulfone groups is 1. The Morgan fingerprint density at radius 2 is 1.91 bits per heavy atom. The molecular weight excluding hydrogens is 504 g/mol. The highest BCUT2D eigenvalue weighted by Crippen LogP contribution is 2.33. The second-order valence-electron chi connectivity index (χ2n) is 8.23. The van der Waals surface area contributed by atoms with Crippen molar-refractivity contribution in [2.45, 2.75) is 31.0 Å². The van der Waals surface area contributed by atoms with Crippen LogP contribution in [0.5, 0.6) is 0 Å². The molecule has 8 nitrogen and oxygen atoms in total. The molecule has 1 N–H and O–H groups in total. The first-order chi connectivity index (χ1) is 16.7. The van der Waals surface area contributed by atoms with Crippen molar-refractivity contribution >= 4 is 33.1 Å². The molecule has 2 aromatic heterocycles. The van der Waals surface area contributed by atoms with Crippen LogP contribution >= 0.6 is 23.3 Å². The molecule has 1 unspecified atom stereocenters. The summed E-state index contributed by atoms with van der Waals surface area (Å²) in [4.78, 5) is 4.90. The maximum atomic E-state index is 12.0. The topological polar surface area (TPSA) is 107 Å². The van der Waals surface area contributed by atoms with E-state index in [9.17, 15) is 13.5 Å². The summed E-state index contributed by atoms with van der Waals surface area (Å²) in [5, 5.41) is 15.8. The highest BCUT2D eigenvalue weighted by Gasteiger charge is 2.22. The van der Waals surface area contributed by atoms with Gasteiger partial charge in [-0.1, -0.05) is 44.2 Å². The number of nitrogens with zero attached hydrogens (tertiary/aromatic N) is 4. The summed E-state index contributed by atoms with van der Waals surface area (Å²) >= 11 is 2.64. The zero-order valence-corrected chi connectivity index (χ0v) is 22.2. The number of hydrogen-bond donors (Lipinski definition) is 1. The van der Waals surface area contributed by atoms with Gasteiger partial charge in [-0.05, 0) is 53.5 Å². The van der Waals surface area contributed by atoms with Crippen LogP contribution in [0.3, 0.4) is 0 Å². The monoisotopic (exact) mass is 530 g/mol. The average Bonchev–Trinajstić information content (AvgIpc) is 3.50. The number of aliphatic hydroxyl groups excluding tert-OH is 1. The van der Waals surface area contributed by atoms with Crippen LogP contribution in [0, 0.1) is 0 Å². The molecule has 0 fully saturated rings. The Kier molecular flexibility index (Phi) is 7.72. The van der Waals surface area contributed by atoms with Gasteiger partial charge in [-0.25, -0.2) is 18.1 Å². The number of aliphatic hydroxyl groups is 1. The van der Waals surface area contributed by atoms with Crippen LogP contribution in [-0.4, -0.2) is 51.1 Å². The van der Waals surface area contributed by atoms with Crippen molar-refractivity contribution in [3.05, 3.63) is 65.9 Å². The molecular formula is C24H26N4O4S3. The van der Waals surface area contributed by atoms with Crippen LogP contribution in [0.2, 0.25) is 0 Å². The molecule has 0 amide bonds. The molecule has 0 saturated heterocycles. The number of rotatable bonds is 9. The van der Waals surface area contributed by atoms with Gasteiger partial charge in [0.15, 0.2) is 20.7 Å². The van der Waals surface area contributed by atoms with Crippen molar-refractivity contribution in [3.63, 3.8) is 0 Å². The second kappa shape index (κ2) is 10.6. The predicted octanol–water partition coefficient (Wildman–Crippen LogP) is 4.91. The Morgan fingerprint density at radius 1 is 1.14 bits per heavy atom. The van der Waals surface area contributed by atoms with E-state index in [1.807, 2.05) is 30.5 Å². The Morgan fingerprint density at radius 3 is 2.63 bits per heavy atom. The van der Waals surface area contributed by atoms with Crippen molar-refractivity contribution in [1.82, 2.24) is 19.1 Å². The first-order valence-electron chi connectivity index (χ1n) is 10.8. The molecule has 0 radical (unpaired) electrons. The Labute approximate surface area is 213 Å². The molecule has 0 aliphatic heterocycles. The van der Waals surface area contributed by atoms with Crippen LogP contribution in [-0.2, 0) is 14.6 Å². The lowest BCUT2D eigenvalue weighted by Crippen LogP contribution is -2.07. The minimum atomic E-state index is -3.36. The SMILES string of the molecule is CSCOC(O)c1cc(-c2nc(-c3cccc(S(C)(=O)=O)c3)ns2)n(-c2ccccc2C(C)C)n1. The highest BCUT2D eigenvalue weighted by molar-refractivity contribution is 7.98. The van der Waals surface area contributed by atoms with Crippen molar-refractivity contribution in [3.8, 4) is 27.8 Å². The summed E-state index contributed by atoms with van der Waals surface area (Å²) in [6, 6.07) is 16.3. The molecule has 1 atom stereocenters. The van der Waals surface area contributed by atoms with Gasteiger partial charge in [-0.3, -0.25) is 0 Å². The van der Waals surface area contributed by atoms with Crippen LogP contribution in [0.25, 0.3) is 27.8 Å². The maximum absolute atomic E-state index is 12.0. The van der Waals surface area contributed by atoms with Gasteiger partial charge in [0.1, 0.15) is 11.4 Å². The minimum Gasteiger partial charge on any atom is -0.363 e. The second-order valence-corrected chi connectivity index (χ2v) is 11.8. The number of aromatic nitrogens is 4. The molecule has 0 saturated carbocycles. The normalized spacial score (nSPS) is 12.9. The third-order valence-electron chi connectivity index (χ3n) is 5.28. The maximum Gasteiger partial charge on any atom is 0.201 e. The van der Waals surface area contributed by atoms with Crippen LogP contribution in [0.15, 0.2) is 59.5 Å². The predicted molar refractivity (Wildman–Crippen MR) is 140 cm³/mol. The van der Waals surface area contributed by atoms with E-state index in [0.717, 1.165) is 11.3 Å². The summed E-state index contributed by atoms with van der Waals surface area (Å²) in [6.07, 6.45) is 1.87. The third kappa shape index (κ3) is 5.65. The third-order valence-corrected chi connectivity index (χ3v) is 7.50. The molecule has 2 aromatic carbocycles. The van der Waals surface area contributed by atoms with Gasteiger partial charge >= 0.3 is 0 Å². The van der Waals surface area contributed by atoms with Crippen molar-refractivity contribution < 1.29 is 18.3 Å². The standard InChI is InChI=1S/C24H26N4O4S3/c1-15(2)18-10-5-6-11-20(18)28-21(13-19(26-28)24(29)32-14-33-3)23-25-22(27-34-23)16-8-7-9-17(12-16)35(4,30)31/h5-13,15,24,29H,14H2,1-4H3. The zero-order chi connectivity index (χ0) is 25.2.